The molecular formula is C27H24ClN7O3S. The number of pyridine rings is 1. The molecule has 5 heterocycles. The Kier molecular flexibility index (Phi) is 5.87. The third kappa shape index (κ3) is 4.26. The smallest absolute Gasteiger partial charge is 0.322 e. The molecule has 2 aliphatic heterocycles. The highest BCUT2D eigenvalue weighted by molar-refractivity contribution is 7.19. The molecule has 2 unspecified atom stereocenters. The summed E-state index contributed by atoms with van der Waals surface area (Å²) in [6, 6.07) is 9.30. The predicted molar refractivity (Wildman–Crippen MR) is 148 cm³/mol. The van der Waals surface area contributed by atoms with Gasteiger partial charge in [-0.2, -0.15) is 5.10 Å². The minimum Gasteiger partial charge on any atom is -0.374 e. The van der Waals surface area contributed by atoms with E-state index in [2.05, 4.69) is 20.6 Å². The van der Waals surface area contributed by atoms with Crippen molar-refractivity contribution in [2.24, 2.45) is 0 Å². The number of ether oxygens (including phenoxy) is 1. The van der Waals surface area contributed by atoms with Gasteiger partial charge in [-0.3, -0.25) is 9.78 Å². The number of benzene rings is 1. The van der Waals surface area contributed by atoms with Crippen LogP contribution in [0.4, 0.5) is 15.6 Å². The van der Waals surface area contributed by atoms with Crippen molar-refractivity contribution in [3.63, 3.8) is 0 Å². The number of aromatic nitrogens is 4. The van der Waals surface area contributed by atoms with Crippen molar-refractivity contribution in [1.29, 1.82) is 0 Å². The van der Waals surface area contributed by atoms with Gasteiger partial charge in [-0.25, -0.2) is 14.5 Å². The molecule has 39 heavy (non-hydrogen) atoms. The molecule has 12 heteroatoms. The maximum absolute atomic E-state index is 12.9. The largest absolute Gasteiger partial charge is 0.374 e. The number of urea groups is 1. The van der Waals surface area contributed by atoms with Crippen LogP contribution in [0.15, 0.2) is 42.7 Å². The van der Waals surface area contributed by atoms with Crippen LogP contribution in [0.25, 0.3) is 27.5 Å². The van der Waals surface area contributed by atoms with Gasteiger partial charge in [-0.15, -0.1) is 0 Å². The molecular weight excluding hydrogens is 538 g/mol. The van der Waals surface area contributed by atoms with E-state index < -0.39 is 0 Å². The lowest BCUT2D eigenvalue weighted by Crippen LogP contribution is -2.43. The Morgan fingerprint density at radius 2 is 2.10 bits per heavy atom. The average molecular weight is 562 g/mol. The summed E-state index contributed by atoms with van der Waals surface area (Å²) in [4.78, 5) is 36.3. The molecule has 7 rings (SSSR count). The minimum atomic E-state index is -0.166. The molecule has 4 aromatic rings. The maximum Gasteiger partial charge on any atom is 0.322 e. The summed E-state index contributed by atoms with van der Waals surface area (Å²) in [5.74, 6) is -0.166. The number of hydrogen-bond donors (Lipinski definition) is 2. The van der Waals surface area contributed by atoms with Crippen LogP contribution >= 0.6 is 22.9 Å². The van der Waals surface area contributed by atoms with Crippen LogP contribution in [0, 0.1) is 0 Å². The first-order chi connectivity index (χ1) is 18.9. The summed E-state index contributed by atoms with van der Waals surface area (Å²) in [6.07, 6.45) is 6.03. The molecule has 2 bridgehead atoms. The number of anilines is 2. The summed E-state index contributed by atoms with van der Waals surface area (Å²) in [5, 5.41) is 11.8. The molecule has 1 aromatic carbocycles. The second kappa shape index (κ2) is 9.44. The number of hydrogen-bond acceptors (Lipinski definition) is 7. The maximum atomic E-state index is 12.9. The van der Waals surface area contributed by atoms with E-state index in [0.29, 0.717) is 34.7 Å². The number of fused-ring (bicyclic) bond motifs is 5. The van der Waals surface area contributed by atoms with Crippen LogP contribution in [0.3, 0.4) is 0 Å². The number of halogens is 1. The number of nitrogens with zero attached hydrogens (tertiary/aromatic N) is 5. The second-order valence-corrected chi connectivity index (χ2v) is 11.3. The number of carbonyl (C=O) groups excluding carboxylic acids is 2. The van der Waals surface area contributed by atoms with E-state index in [-0.39, 0.29) is 24.1 Å². The van der Waals surface area contributed by atoms with Crippen LogP contribution in [-0.4, -0.2) is 61.9 Å². The number of morpholine rings is 1. The van der Waals surface area contributed by atoms with E-state index in [1.54, 1.807) is 18.5 Å². The normalized spacial score (nSPS) is 19.1. The van der Waals surface area contributed by atoms with E-state index in [0.717, 1.165) is 52.3 Å². The van der Waals surface area contributed by atoms with Crippen LogP contribution in [0.5, 0.6) is 0 Å². The van der Waals surface area contributed by atoms with Crippen LogP contribution in [0.1, 0.15) is 24.6 Å². The summed E-state index contributed by atoms with van der Waals surface area (Å²) in [6.45, 7) is 2.67. The fourth-order valence-electron chi connectivity index (χ4n) is 5.58. The number of likely N-dealkylation sites (tertiary alicyclic amines) is 1. The van der Waals surface area contributed by atoms with E-state index in [9.17, 15) is 9.59 Å². The van der Waals surface area contributed by atoms with Gasteiger partial charge in [0.25, 0.3) is 0 Å². The molecule has 2 saturated heterocycles. The average Bonchev–Trinajstić information content (AvgIpc) is 3.71. The van der Waals surface area contributed by atoms with Gasteiger partial charge in [0.1, 0.15) is 0 Å². The van der Waals surface area contributed by atoms with Gasteiger partial charge in [-0.1, -0.05) is 22.9 Å². The zero-order valence-corrected chi connectivity index (χ0v) is 22.6. The Bertz CT molecular complexity index is 1620. The van der Waals surface area contributed by atoms with Gasteiger partial charge in [0.2, 0.25) is 5.91 Å². The fourth-order valence-corrected chi connectivity index (χ4v) is 6.96. The third-order valence-electron chi connectivity index (χ3n) is 7.31. The molecule has 3 amide bonds. The van der Waals surface area contributed by atoms with Gasteiger partial charge in [0, 0.05) is 42.7 Å². The Balaban J connectivity index is 1.27. The summed E-state index contributed by atoms with van der Waals surface area (Å²) >= 11 is 8.27. The van der Waals surface area contributed by atoms with Crippen molar-refractivity contribution in [1.82, 2.24) is 24.6 Å². The first-order valence-electron chi connectivity index (χ1n) is 12.7. The third-order valence-corrected chi connectivity index (χ3v) is 8.64. The SMILES string of the molecule is CC(=O)Nc1nc2c(s1)-c1c(c(-c3cccnc3)nn1-c1ccc(NC(=O)N3CC4CC3CO4)cc1Cl)CC2. The number of thiazole rings is 1. The number of aryl methyl sites for hydroxylation is 1. The summed E-state index contributed by atoms with van der Waals surface area (Å²) in [5.41, 5.74) is 5.92. The first kappa shape index (κ1) is 24.3. The van der Waals surface area contributed by atoms with Gasteiger partial charge in [-0.05, 0) is 49.6 Å². The summed E-state index contributed by atoms with van der Waals surface area (Å²) in [7, 11) is 0. The van der Waals surface area contributed by atoms with Crippen molar-refractivity contribution in [3.05, 3.63) is 59.0 Å². The lowest BCUT2D eigenvalue weighted by molar-refractivity contribution is -0.114. The first-order valence-corrected chi connectivity index (χ1v) is 13.9. The summed E-state index contributed by atoms with van der Waals surface area (Å²) < 4.78 is 7.45. The van der Waals surface area contributed by atoms with Crippen molar-refractivity contribution in [2.45, 2.75) is 38.3 Å². The molecule has 3 aliphatic rings. The van der Waals surface area contributed by atoms with Gasteiger partial charge in [0.05, 0.1) is 51.4 Å². The highest BCUT2D eigenvalue weighted by atomic mass is 35.5. The zero-order valence-electron chi connectivity index (χ0n) is 21.0. The Morgan fingerprint density at radius 1 is 1.21 bits per heavy atom. The predicted octanol–water partition coefficient (Wildman–Crippen LogP) is 4.77. The van der Waals surface area contributed by atoms with E-state index in [1.165, 1.54) is 18.3 Å². The molecule has 10 nitrogen and oxygen atoms in total. The van der Waals surface area contributed by atoms with Crippen molar-refractivity contribution < 1.29 is 14.3 Å². The van der Waals surface area contributed by atoms with Gasteiger partial charge < -0.3 is 20.3 Å². The van der Waals surface area contributed by atoms with Crippen molar-refractivity contribution in [3.8, 4) is 27.5 Å². The zero-order chi connectivity index (χ0) is 26.7. The molecule has 0 radical (unpaired) electrons. The highest BCUT2D eigenvalue weighted by Crippen LogP contribution is 2.45. The fraction of sp³-hybridized carbons (Fsp3) is 0.296. The van der Waals surface area contributed by atoms with Gasteiger partial charge in [0.15, 0.2) is 5.13 Å². The highest BCUT2D eigenvalue weighted by Gasteiger charge is 2.41. The van der Waals surface area contributed by atoms with E-state index in [1.807, 2.05) is 33.8 Å². The van der Waals surface area contributed by atoms with Gasteiger partial charge >= 0.3 is 6.03 Å². The molecule has 1 aliphatic carbocycles. The lowest BCUT2D eigenvalue weighted by atomic mass is 9.95. The monoisotopic (exact) mass is 561 g/mol. The molecule has 0 spiro atoms. The van der Waals surface area contributed by atoms with E-state index in [4.69, 9.17) is 21.4 Å². The number of nitrogens with one attached hydrogen (secondary N) is 2. The van der Waals surface area contributed by atoms with Crippen LogP contribution < -0.4 is 10.6 Å². The number of amides is 3. The molecule has 0 saturated carbocycles. The van der Waals surface area contributed by atoms with Crippen LogP contribution in [-0.2, 0) is 22.4 Å². The number of carbonyl (C=O) groups is 2. The molecule has 2 atom stereocenters. The number of rotatable bonds is 4. The van der Waals surface area contributed by atoms with E-state index >= 15 is 0 Å². The molecule has 2 N–H and O–H groups in total. The lowest BCUT2D eigenvalue weighted by Gasteiger charge is -2.27. The van der Waals surface area contributed by atoms with Crippen molar-refractivity contribution >= 4 is 45.7 Å². The Morgan fingerprint density at radius 3 is 2.82 bits per heavy atom. The minimum absolute atomic E-state index is 0.127. The second-order valence-electron chi connectivity index (χ2n) is 9.90. The Labute approximate surface area is 233 Å². The Hall–Kier alpha value is -3.80. The quantitative estimate of drug-likeness (QED) is 0.371. The molecule has 2 fully saturated rings. The molecule has 3 aromatic heterocycles. The topological polar surface area (TPSA) is 114 Å². The van der Waals surface area contributed by atoms with Crippen molar-refractivity contribution in [2.75, 3.05) is 23.8 Å². The molecule has 198 valence electrons. The standard InChI is InChI=1S/C27H24ClN7O3S/c1-14(36)30-26-32-21-6-5-19-23(15-3-2-8-29-11-15)33-35(24(19)25(21)39-26)22-7-4-16(9-20(22)28)31-27(37)34-12-18-10-17(34)13-38-18/h2-4,7-9,11,17-18H,5-6,10,12-13H2,1H3,(H,31,37)(H,30,32,36). The van der Waals surface area contributed by atoms with Crippen LogP contribution in [0.2, 0.25) is 5.02 Å².